The molecule has 1 unspecified atom stereocenters. The van der Waals surface area contributed by atoms with E-state index in [-0.39, 0.29) is 12.0 Å². The fourth-order valence-electron chi connectivity index (χ4n) is 1.49. The molecule has 0 saturated heterocycles. The molecule has 0 spiro atoms. The molecule has 1 aromatic rings. The van der Waals surface area contributed by atoms with Crippen LogP contribution in [-0.2, 0) is 4.79 Å². The number of aliphatic carboxylic acids is 1. The number of carboxylic acids is 1. The van der Waals surface area contributed by atoms with E-state index in [0.717, 1.165) is 0 Å². The Morgan fingerprint density at radius 2 is 2.29 bits per heavy atom. The maximum Gasteiger partial charge on any atom is 0.305 e. The van der Waals surface area contributed by atoms with E-state index in [0.29, 0.717) is 10.6 Å². The van der Waals surface area contributed by atoms with Gasteiger partial charge in [0.25, 0.3) is 0 Å². The molecule has 0 aliphatic rings. The maximum absolute atomic E-state index is 14.0. The number of ether oxygens (including phenoxy) is 1. The van der Waals surface area contributed by atoms with Gasteiger partial charge >= 0.3 is 5.97 Å². The van der Waals surface area contributed by atoms with Crippen LogP contribution in [0.2, 0.25) is 0 Å². The van der Waals surface area contributed by atoms with Gasteiger partial charge in [0.1, 0.15) is 11.6 Å². The Balaban J connectivity index is 3.14. The number of carbonyl (C=O) groups is 1. The molecule has 1 aromatic carbocycles. The number of hydrogen-bond donors (Lipinski definition) is 2. The quantitative estimate of drug-likeness (QED) is 0.792. The number of nitrogens with two attached hydrogens (primary N) is 1. The zero-order valence-electron chi connectivity index (χ0n) is 9.57. The molecule has 0 saturated carbocycles. The first-order valence-corrected chi connectivity index (χ1v) is 6.11. The van der Waals surface area contributed by atoms with Crippen LogP contribution >= 0.6 is 11.8 Å². The molecular weight excluding hydrogens is 245 g/mol. The highest BCUT2D eigenvalue weighted by Gasteiger charge is 2.19. The highest BCUT2D eigenvalue weighted by atomic mass is 32.2. The monoisotopic (exact) mass is 259 g/mol. The fraction of sp³-hybridized carbons (Fsp3) is 0.364. The van der Waals surface area contributed by atoms with E-state index in [1.54, 1.807) is 12.3 Å². The van der Waals surface area contributed by atoms with Crippen LogP contribution in [0.1, 0.15) is 18.0 Å². The van der Waals surface area contributed by atoms with Crippen molar-refractivity contribution in [3.8, 4) is 5.75 Å². The lowest BCUT2D eigenvalue weighted by Crippen LogP contribution is -2.16. The SMILES string of the molecule is COc1ccc(C(N)CC(=O)O)c(F)c1SC. The molecule has 0 amide bonds. The second-order valence-electron chi connectivity index (χ2n) is 3.41. The van der Waals surface area contributed by atoms with Crippen molar-refractivity contribution in [1.82, 2.24) is 0 Å². The molecule has 4 nitrogen and oxygen atoms in total. The summed E-state index contributed by atoms with van der Waals surface area (Å²) >= 11 is 1.19. The zero-order chi connectivity index (χ0) is 13.0. The number of benzene rings is 1. The summed E-state index contributed by atoms with van der Waals surface area (Å²) in [7, 11) is 1.45. The molecule has 0 radical (unpaired) electrons. The summed E-state index contributed by atoms with van der Waals surface area (Å²) in [4.78, 5) is 10.9. The number of thioether (sulfide) groups is 1. The van der Waals surface area contributed by atoms with Gasteiger partial charge in [0.05, 0.1) is 18.4 Å². The first-order valence-electron chi connectivity index (χ1n) is 4.89. The molecule has 17 heavy (non-hydrogen) atoms. The molecule has 0 bridgehead atoms. The van der Waals surface area contributed by atoms with E-state index in [9.17, 15) is 9.18 Å². The Kier molecular flexibility index (Phi) is 4.77. The number of hydrogen-bond acceptors (Lipinski definition) is 4. The smallest absolute Gasteiger partial charge is 0.305 e. The summed E-state index contributed by atoms with van der Waals surface area (Å²) in [5.41, 5.74) is 5.83. The molecule has 6 heteroatoms. The van der Waals surface area contributed by atoms with E-state index in [2.05, 4.69) is 0 Å². The van der Waals surface area contributed by atoms with Crippen LogP contribution in [0.5, 0.6) is 5.75 Å². The molecule has 0 aliphatic carbocycles. The fourth-order valence-corrected chi connectivity index (χ4v) is 2.14. The first-order chi connectivity index (χ1) is 8.01. The van der Waals surface area contributed by atoms with Crippen molar-refractivity contribution in [3.63, 3.8) is 0 Å². The van der Waals surface area contributed by atoms with Gasteiger partial charge in [-0.3, -0.25) is 4.79 Å². The third-order valence-corrected chi connectivity index (χ3v) is 3.10. The molecule has 1 atom stereocenters. The predicted molar refractivity (Wildman–Crippen MR) is 63.9 cm³/mol. The van der Waals surface area contributed by atoms with Gasteiger partial charge in [0.15, 0.2) is 0 Å². The van der Waals surface area contributed by atoms with Crippen LogP contribution in [0.25, 0.3) is 0 Å². The topological polar surface area (TPSA) is 72.5 Å². The number of methoxy groups -OCH3 is 1. The van der Waals surface area contributed by atoms with Crippen LogP contribution in [0.15, 0.2) is 17.0 Å². The Morgan fingerprint density at radius 1 is 1.65 bits per heavy atom. The molecule has 1 rings (SSSR count). The van der Waals surface area contributed by atoms with Crippen molar-refractivity contribution in [2.75, 3.05) is 13.4 Å². The highest BCUT2D eigenvalue weighted by molar-refractivity contribution is 7.98. The Bertz CT molecular complexity index is 425. The van der Waals surface area contributed by atoms with Gasteiger partial charge in [-0.2, -0.15) is 0 Å². The van der Waals surface area contributed by atoms with Crippen molar-refractivity contribution in [3.05, 3.63) is 23.5 Å². The minimum atomic E-state index is -1.06. The van der Waals surface area contributed by atoms with Crippen molar-refractivity contribution in [2.45, 2.75) is 17.4 Å². The van der Waals surface area contributed by atoms with Crippen molar-refractivity contribution >= 4 is 17.7 Å². The van der Waals surface area contributed by atoms with Crippen molar-refractivity contribution in [2.24, 2.45) is 5.73 Å². The Labute approximate surface area is 103 Å². The van der Waals surface area contributed by atoms with Crippen LogP contribution in [0.4, 0.5) is 4.39 Å². The van der Waals surface area contributed by atoms with Gasteiger partial charge in [-0.1, -0.05) is 6.07 Å². The molecule has 0 aromatic heterocycles. The van der Waals surface area contributed by atoms with E-state index >= 15 is 0 Å². The average Bonchev–Trinajstić information content (AvgIpc) is 2.27. The van der Waals surface area contributed by atoms with E-state index < -0.39 is 17.8 Å². The number of rotatable bonds is 5. The molecule has 94 valence electrons. The lowest BCUT2D eigenvalue weighted by molar-refractivity contribution is -0.137. The maximum atomic E-state index is 14.0. The molecule has 0 fully saturated rings. The van der Waals surface area contributed by atoms with Crippen molar-refractivity contribution in [1.29, 1.82) is 0 Å². The standard InChI is InChI=1S/C11H14FNO3S/c1-16-8-4-3-6(7(13)5-9(14)15)10(12)11(8)17-2/h3-4,7H,5,13H2,1-2H3,(H,14,15). The van der Waals surface area contributed by atoms with E-state index in [1.165, 1.54) is 24.9 Å². The van der Waals surface area contributed by atoms with Crippen LogP contribution in [0, 0.1) is 5.82 Å². The van der Waals surface area contributed by atoms with Crippen LogP contribution in [0.3, 0.4) is 0 Å². The van der Waals surface area contributed by atoms with Crippen LogP contribution in [-0.4, -0.2) is 24.4 Å². The van der Waals surface area contributed by atoms with Gasteiger partial charge in [-0.05, 0) is 12.3 Å². The van der Waals surface area contributed by atoms with Crippen LogP contribution < -0.4 is 10.5 Å². The minimum absolute atomic E-state index is 0.192. The second-order valence-corrected chi connectivity index (χ2v) is 4.23. The third-order valence-electron chi connectivity index (χ3n) is 2.31. The summed E-state index contributed by atoms with van der Waals surface area (Å²) in [5.74, 6) is -1.15. The van der Waals surface area contributed by atoms with Crippen molar-refractivity contribution < 1.29 is 19.0 Å². The van der Waals surface area contributed by atoms with Gasteiger partial charge in [-0.25, -0.2) is 4.39 Å². The summed E-state index contributed by atoms with van der Waals surface area (Å²) in [6.07, 6.45) is 1.41. The third kappa shape index (κ3) is 3.10. The van der Waals surface area contributed by atoms with Gasteiger partial charge in [0.2, 0.25) is 0 Å². The summed E-state index contributed by atoms with van der Waals surface area (Å²) in [6, 6.07) is 2.19. The Hall–Kier alpha value is -1.27. The molecule has 3 N–H and O–H groups in total. The van der Waals surface area contributed by atoms with E-state index in [1.807, 2.05) is 0 Å². The lowest BCUT2D eigenvalue weighted by atomic mass is 10.0. The first kappa shape index (κ1) is 13.8. The van der Waals surface area contributed by atoms with E-state index in [4.69, 9.17) is 15.6 Å². The summed E-state index contributed by atoms with van der Waals surface area (Å²) in [5, 5.41) is 8.63. The number of carboxylic acid groups (broad SMARTS) is 1. The van der Waals surface area contributed by atoms with Gasteiger partial charge in [0, 0.05) is 11.6 Å². The highest BCUT2D eigenvalue weighted by Crippen LogP contribution is 2.34. The minimum Gasteiger partial charge on any atom is -0.495 e. The van der Waals surface area contributed by atoms with Gasteiger partial charge < -0.3 is 15.6 Å². The second kappa shape index (κ2) is 5.88. The summed E-state index contributed by atoms with van der Waals surface area (Å²) < 4.78 is 19.1. The number of halogens is 1. The molecule has 0 heterocycles. The normalized spacial score (nSPS) is 12.2. The largest absolute Gasteiger partial charge is 0.495 e. The summed E-state index contributed by atoms with van der Waals surface area (Å²) in [6.45, 7) is 0. The Morgan fingerprint density at radius 3 is 2.76 bits per heavy atom. The lowest BCUT2D eigenvalue weighted by Gasteiger charge is -2.14. The predicted octanol–water partition coefficient (Wildman–Crippen LogP) is 2.03. The molecular formula is C11H14FNO3S. The average molecular weight is 259 g/mol. The van der Waals surface area contributed by atoms with Gasteiger partial charge in [-0.15, -0.1) is 11.8 Å². The molecule has 0 aliphatic heterocycles. The zero-order valence-corrected chi connectivity index (χ0v) is 10.4.